The van der Waals surface area contributed by atoms with E-state index < -0.39 is 5.60 Å². The van der Waals surface area contributed by atoms with Crippen LogP contribution in [0.25, 0.3) is 10.8 Å². The minimum atomic E-state index is -0.799. The highest BCUT2D eigenvalue weighted by Gasteiger charge is 2.45. The van der Waals surface area contributed by atoms with Crippen molar-refractivity contribution < 1.29 is 5.11 Å². The van der Waals surface area contributed by atoms with Gasteiger partial charge < -0.3 is 10.0 Å². The van der Waals surface area contributed by atoms with E-state index in [2.05, 4.69) is 91.8 Å². The molecule has 1 N–H and O–H groups in total. The first-order valence-corrected chi connectivity index (χ1v) is 10.0. The highest BCUT2D eigenvalue weighted by molar-refractivity contribution is 5.85. The Bertz CT molecular complexity index is 911. The van der Waals surface area contributed by atoms with Crippen LogP contribution in [0.2, 0.25) is 0 Å². The SMILES string of the molecule is CN(C)C(c1ccccc1)C1CCCCC1(O)c1ccc2ccccc2c1.Cl. The maximum absolute atomic E-state index is 12.0. The first-order valence-electron chi connectivity index (χ1n) is 10.0. The van der Waals surface area contributed by atoms with Gasteiger partial charge in [0, 0.05) is 12.0 Å². The van der Waals surface area contributed by atoms with Crippen molar-refractivity contribution in [2.24, 2.45) is 5.92 Å². The molecular formula is C25H30ClNO. The van der Waals surface area contributed by atoms with Crippen LogP contribution < -0.4 is 0 Å². The predicted molar refractivity (Wildman–Crippen MR) is 120 cm³/mol. The van der Waals surface area contributed by atoms with Crippen molar-refractivity contribution in [2.45, 2.75) is 37.3 Å². The van der Waals surface area contributed by atoms with Crippen LogP contribution in [-0.4, -0.2) is 24.1 Å². The summed E-state index contributed by atoms with van der Waals surface area (Å²) in [6.07, 6.45) is 4.13. The van der Waals surface area contributed by atoms with Crippen molar-refractivity contribution in [2.75, 3.05) is 14.1 Å². The minimum absolute atomic E-state index is 0. The number of rotatable bonds is 4. The third kappa shape index (κ3) is 3.82. The minimum Gasteiger partial charge on any atom is -0.385 e. The smallest absolute Gasteiger partial charge is 0.0943 e. The van der Waals surface area contributed by atoms with Crippen molar-refractivity contribution in [3.8, 4) is 0 Å². The van der Waals surface area contributed by atoms with E-state index in [0.29, 0.717) is 0 Å². The molecule has 28 heavy (non-hydrogen) atoms. The van der Waals surface area contributed by atoms with Crippen LogP contribution >= 0.6 is 12.4 Å². The molecule has 3 aromatic rings. The lowest BCUT2D eigenvalue weighted by Gasteiger charge is -2.46. The molecule has 3 heteroatoms. The topological polar surface area (TPSA) is 23.5 Å². The highest BCUT2D eigenvalue weighted by atomic mass is 35.5. The summed E-state index contributed by atoms with van der Waals surface area (Å²) in [5, 5.41) is 14.4. The molecule has 148 valence electrons. The predicted octanol–water partition coefficient (Wildman–Crippen LogP) is 5.94. The van der Waals surface area contributed by atoms with Gasteiger partial charge in [-0.3, -0.25) is 0 Å². The third-order valence-corrected chi connectivity index (χ3v) is 6.26. The zero-order valence-electron chi connectivity index (χ0n) is 16.7. The van der Waals surface area contributed by atoms with Crippen LogP contribution in [0.1, 0.15) is 42.9 Å². The fourth-order valence-corrected chi connectivity index (χ4v) is 4.96. The van der Waals surface area contributed by atoms with Gasteiger partial charge >= 0.3 is 0 Å². The summed E-state index contributed by atoms with van der Waals surface area (Å²) < 4.78 is 0. The number of halogens is 1. The highest BCUT2D eigenvalue weighted by Crippen LogP contribution is 2.49. The van der Waals surface area contributed by atoms with Crippen molar-refractivity contribution in [1.29, 1.82) is 0 Å². The zero-order chi connectivity index (χ0) is 18.9. The van der Waals surface area contributed by atoms with E-state index in [1.807, 2.05) is 0 Å². The molecule has 1 aliphatic rings. The van der Waals surface area contributed by atoms with Crippen LogP contribution in [0.15, 0.2) is 72.8 Å². The van der Waals surface area contributed by atoms with Crippen LogP contribution in [0.4, 0.5) is 0 Å². The second kappa shape index (κ2) is 8.65. The number of nitrogens with zero attached hydrogens (tertiary/aromatic N) is 1. The van der Waals surface area contributed by atoms with Gasteiger partial charge in [0.15, 0.2) is 0 Å². The molecule has 1 fully saturated rings. The molecule has 0 heterocycles. The molecule has 0 bridgehead atoms. The number of fused-ring (bicyclic) bond motifs is 1. The molecule has 1 aliphatic carbocycles. The van der Waals surface area contributed by atoms with E-state index in [0.717, 1.165) is 24.8 Å². The van der Waals surface area contributed by atoms with Crippen LogP contribution in [0, 0.1) is 5.92 Å². The maximum atomic E-state index is 12.0. The molecule has 0 aliphatic heterocycles. The Balaban J connectivity index is 0.00000225. The Hall–Kier alpha value is -1.87. The van der Waals surface area contributed by atoms with Crippen LogP contribution in [0.5, 0.6) is 0 Å². The van der Waals surface area contributed by atoms with Gasteiger partial charge in [-0.2, -0.15) is 0 Å². The second-order valence-electron chi connectivity index (χ2n) is 8.16. The van der Waals surface area contributed by atoms with Gasteiger partial charge in [-0.25, -0.2) is 0 Å². The second-order valence-corrected chi connectivity index (χ2v) is 8.16. The lowest BCUT2D eigenvalue weighted by molar-refractivity contribution is -0.0837. The van der Waals surface area contributed by atoms with Gasteiger partial charge in [0.2, 0.25) is 0 Å². The summed E-state index contributed by atoms with van der Waals surface area (Å²) >= 11 is 0. The third-order valence-electron chi connectivity index (χ3n) is 6.26. The average molecular weight is 396 g/mol. The molecule has 4 rings (SSSR count). The quantitative estimate of drug-likeness (QED) is 0.590. The Morgan fingerprint density at radius 1 is 0.893 bits per heavy atom. The lowest BCUT2D eigenvalue weighted by Crippen LogP contribution is -2.45. The number of hydrogen-bond donors (Lipinski definition) is 1. The molecule has 3 unspecified atom stereocenters. The number of hydrogen-bond acceptors (Lipinski definition) is 2. The van der Waals surface area contributed by atoms with Crippen molar-refractivity contribution in [3.05, 3.63) is 83.9 Å². The summed E-state index contributed by atoms with van der Waals surface area (Å²) in [6.45, 7) is 0. The fourth-order valence-electron chi connectivity index (χ4n) is 4.96. The van der Waals surface area contributed by atoms with E-state index in [1.165, 1.54) is 22.8 Å². The Morgan fingerprint density at radius 2 is 1.57 bits per heavy atom. The molecule has 3 atom stereocenters. The monoisotopic (exact) mass is 395 g/mol. The van der Waals surface area contributed by atoms with Gasteiger partial charge in [-0.15, -0.1) is 12.4 Å². The van der Waals surface area contributed by atoms with Crippen molar-refractivity contribution in [1.82, 2.24) is 4.90 Å². The van der Waals surface area contributed by atoms with Crippen molar-refractivity contribution >= 4 is 23.2 Å². The van der Waals surface area contributed by atoms with E-state index in [9.17, 15) is 5.11 Å². The largest absolute Gasteiger partial charge is 0.385 e. The molecule has 0 aromatic heterocycles. The summed E-state index contributed by atoms with van der Waals surface area (Å²) in [4.78, 5) is 2.28. The number of benzene rings is 3. The molecule has 0 radical (unpaired) electrons. The maximum Gasteiger partial charge on any atom is 0.0943 e. The molecule has 3 aromatic carbocycles. The van der Waals surface area contributed by atoms with Gasteiger partial charge in [-0.05, 0) is 54.9 Å². The molecule has 0 spiro atoms. The molecule has 0 saturated heterocycles. The van der Waals surface area contributed by atoms with E-state index in [1.54, 1.807) is 0 Å². The van der Waals surface area contributed by atoms with Gasteiger partial charge in [0.05, 0.1) is 5.60 Å². The normalized spacial score (nSPS) is 23.4. The summed E-state index contributed by atoms with van der Waals surface area (Å²) in [5.74, 6) is 0.171. The van der Waals surface area contributed by atoms with E-state index in [4.69, 9.17) is 0 Å². The Morgan fingerprint density at radius 3 is 2.29 bits per heavy atom. The zero-order valence-corrected chi connectivity index (χ0v) is 17.5. The summed E-state index contributed by atoms with van der Waals surface area (Å²) in [7, 11) is 4.26. The number of aliphatic hydroxyl groups is 1. The summed E-state index contributed by atoms with van der Waals surface area (Å²) in [6, 6.07) is 25.8. The Labute approximate surface area is 174 Å². The Kier molecular flexibility index (Phi) is 6.44. The summed E-state index contributed by atoms with van der Waals surface area (Å²) in [5.41, 5.74) is 1.55. The van der Waals surface area contributed by atoms with Gasteiger partial charge in [-0.1, -0.05) is 79.6 Å². The van der Waals surface area contributed by atoms with Crippen LogP contribution in [-0.2, 0) is 5.60 Å². The molecule has 2 nitrogen and oxygen atoms in total. The van der Waals surface area contributed by atoms with Crippen LogP contribution in [0.3, 0.4) is 0 Å². The molecule has 0 amide bonds. The van der Waals surface area contributed by atoms with Gasteiger partial charge in [0.25, 0.3) is 0 Å². The van der Waals surface area contributed by atoms with Crippen molar-refractivity contribution in [3.63, 3.8) is 0 Å². The standard InChI is InChI=1S/C25H29NO.ClH/c1-26(2)24(20-11-4-3-5-12-20)23-14-8-9-17-25(23,27)22-16-15-19-10-6-7-13-21(19)18-22;/h3-7,10-13,15-16,18,23-24,27H,8-9,14,17H2,1-2H3;1H. The van der Waals surface area contributed by atoms with E-state index >= 15 is 0 Å². The lowest BCUT2D eigenvalue weighted by atomic mass is 9.66. The first-order chi connectivity index (χ1) is 13.1. The van der Waals surface area contributed by atoms with Gasteiger partial charge in [0.1, 0.15) is 0 Å². The average Bonchev–Trinajstić information content (AvgIpc) is 2.70. The fraction of sp³-hybridized carbons (Fsp3) is 0.360. The molecular weight excluding hydrogens is 366 g/mol. The van der Waals surface area contributed by atoms with E-state index in [-0.39, 0.29) is 24.4 Å². The molecule has 1 saturated carbocycles. The first kappa shape index (κ1) is 20.9.